The van der Waals surface area contributed by atoms with Gasteiger partial charge in [0, 0.05) is 17.1 Å². The van der Waals surface area contributed by atoms with Crippen molar-refractivity contribution in [1.82, 2.24) is 4.57 Å². The molecule has 0 N–H and O–H groups in total. The van der Waals surface area contributed by atoms with Gasteiger partial charge in [-0.3, -0.25) is 0 Å². The Morgan fingerprint density at radius 3 is 1.91 bits per heavy atom. The second-order valence-electron chi connectivity index (χ2n) is 5.65. The van der Waals surface area contributed by atoms with Crippen LogP contribution in [0.25, 0.3) is 10.9 Å². The zero-order valence-electron chi connectivity index (χ0n) is 12.6. The first kappa shape index (κ1) is 13.8. The molecular formula is C21H16FN. The number of fused-ring (bicyclic) bond motifs is 1. The van der Waals surface area contributed by atoms with E-state index in [9.17, 15) is 4.39 Å². The van der Waals surface area contributed by atoms with E-state index in [1.165, 1.54) is 17.2 Å². The summed E-state index contributed by atoms with van der Waals surface area (Å²) in [5, 5.41) is 0.918. The maximum Gasteiger partial charge on any atom is 0.123 e. The lowest BCUT2D eigenvalue weighted by Gasteiger charge is -2.21. The van der Waals surface area contributed by atoms with Gasteiger partial charge in [-0.25, -0.2) is 4.39 Å². The largest absolute Gasteiger partial charge is 0.336 e. The molecule has 0 unspecified atom stereocenters. The van der Waals surface area contributed by atoms with E-state index in [1.807, 2.05) is 30.5 Å². The standard InChI is InChI=1S/C21H16FN/c22-19-11-12-20-18(15-19)13-14-23(20)21(16-7-3-1-4-8-16)17-9-5-2-6-10-17/h1-15,21H. The van der Waals surface area contributed by atoms with E-state index in [4.69, 9.17) is 0 Å². The summed E-state index contributed by atoms with van der Waals surface area (Å²) < 4.78 is 15.7. The molecule has 4 aromatic rings. The fraction of sp³-hybridized carbons (Fsp3) is 0.0476. The van der Waals surface area contributed by atoms with Gasteiger partial charge in [0.25, 0.3) is 0 Å². The Balaban J connectivity index is 1.94. The number of hydrogen-bond acceptors (Lipinski definition) is 0. The molecule has 0 saturated carbocycles. The fourth-order valence-electron chi connectivity index (χ4n) is 3.14. The molecule has 0 atom stereocenters. The summed E-state index contributed by atoms with van der Waals surface area (Å²) >= 11 is 0. The van der Waals surface area contributed by atoms with Crippen molar-refractivity contribution >= 4 is 10.9 Å². The topological polar surface area (TPSA) is 4.93 Å². The average molecular weight is 301 g/mol. The number of rotatable bonds is 3. The van der Waals surface area contributed by atoms with Crippen LogP contribution in [0.2, 0.25) is 0 Å². The molecule has 1 heterocycles. The molecule has 0 saturated heterocycles. The Morgan fingerprint density at radius 2 is 1.30 bits per heavy atom. The zero-order chi connectivity index (χ0) is 15.6. The lowest BCUT2D eigenvalue weighted by Crippen LogP contribution is -2.11. The van der Waals surface area contributed by atoms with Gasteiger partial charge in [-0.15, -0.1) is 0 Å². The van der Waals surface area contributed by atoms with E-state index >= 15 is 0 Å². The molecule has 0 bridgehead atoms. The van der Waals surface area contributed by atoms with E-state index in [0.717, 1.165) is 10.9 Å². The summed E-state index contributed by atoms with van der Waals surface area (Å²) in [6.07, 6.45) is 2.04. The third-order valence-electron chi connectivity index (χ3n) is 4.19. The Kier molecular flexibility index (Phi) is 3.43. The Labute approximate surface area is 134 Å². The summed E-state index contributed by atoms with van der Waals surface area (Å²) in [6.45, 7) is 0. The van der Waals surface area contributed by atoms with Gasteiger partial charge in [-0.1, -0.05) is 60.7 Å². The third-order valence-corrected chi connectivity index (χ3v) is 4.19. The van der Waals surface area contributed by atoms with Gasteiger partial charge in [-0.05, 0) is 35.4 Å². The first-order valence-corrected chi connectivity index (χ1v) is 7.69. The minimum atomic E-state index is -0.203. The van der Waals surface area contributed by atoms with Crippen molar-refractivity contribution in [2.75, 3.05) is 0 Å². The molecule has 0 spiro atoms. The highest BCUT2D eigenvalue weighted by atomic mass is 19.1. The molecule has 0 amide bonds. The first-order valence-electron chi connectivity index (χ1n) is 7.69. The monoisotopic (exact) mass is 301 g/mol. The molecule has 112 valence electrons. The molecule has 0 aliphatic heterocycles. The number of nitrogens with zero attached hydrogens (tertiary/aromatic N) is 1. The molecule has 0 fully saturated rings. The second kappa shape index (κ2) is 5.73. The summed E-state index contributed by atoms with van der Waals surface area (Å²) in [5.41, 5.74) is 3.45. The zero-order valence-corrected chi connectivity index (χ0v) is 12.6. The third kappa shape index (κ3) is 2.53. The number of halogens is 1. The van der Waals surface area contributed by atoms with Crippen LogP contribution in [0.1, 0.15) is 17.2 Å². The quantitative estimate of drug-likeness (QED) is 0.476. The van der Waals surface area contributed by atoms with Crippen molar-refractivity contribution in [2.45, 2.75) is 6.04 Å². The van der Waals surface area contributed by atoms with E-state index < -0.39 is 0 Å². The van der Waals surface area contributed by atoms with Crippen LogP contribution in [0, 0.1) is 5.82 Å². The van der Waals surface area contributed by atoms with E-state index in [2.05, 4.69) is 53.1 Å². The van der Waals surface area contributed by atoms with Crippen molar-refractivity contribution in [2.24, 2.45) is 0 Å². The molecular weight excluding hydrogens is 285 g/mol. The molecule has 1 aromatic heterocycles. The van der Waals surface area contributed by atoms with Gasteiger partial charge < -0.3 is 4.57 Å². The number of hydrogen-bond donors (Lipinski definition) is 0. The molecule has 2 heteroatoms. The minimum Gasteiger partial charge on any atom is -0.336 e. The van der Waals surface area contributed by atoms with E-state index in [1.54, 1.807) is 6.07 Å². The molecule has 1 nitrogen and oxygen atoms in total. The van der Waals surface area contributed by atoms with Crippen LogP contribution < -0.4 is 0 Å². The highest BCUT2D eigenvalue weighted by Crippen LogP contribution is 2.31. The van der Waals surface area contributed by atoms with Gasteiger partial charge >= 0.3 is 0 Å². The minimum absolute atomic E-state index is 0.0698. The maximum absolute atomic E-state index is 13.5. The van der Waals surface area contributed by atoms with Gasteiger partial charge in [0.1, 0.15) is 5.82 Å². The Bertz CT molecular complexity index is 886. The molecule has 4 rings (SSSR count). The molecule has 0 aliphatic rings. The van der Waals surface area contributed by atoms with Gasteiger partial charge in [0.2, 0.25) is 0 Å². The predicted molar refractivity (Wildman–Crippen MR) is 92.0 cm³/mol. The maximum atomic E-state index is 13.5. The van der Waals surface area contributed by atoms with Crippen molar-refractivity contribution in [1.29, 1.82) is 0 Å². The van der Waals surface area contributed by atoms with Crippen LogP contribution in [0.4, 0.5) is 4.39 Å². The van der Waals surface area contributed by atoms with Crippen LogP contribution in [0.3, 0.4) is 0 Å². The van der Waals surface area contributed by atoms with Crippen LogP contribution in [-0.4, -0.2) is 4.57 Å². The molecule has 23 heavy (non-hydrogen) atoms. The predicted octanol–water partition coefficient (Wildman–Crippen LogP) is 5.42. The van der Waals surface area contributed by atoms with Crippen LogP contribution in [0.15, 0.2) is 91.1 Å². The summed E-state index contributed by atoms with van der Waals surface area (Å²) in [5.74, 6) is -0.203. The normalized spacial score (nSPS) is 11.2. The first-order chi connectivity index (χ1) is 11.3. The summed E-state index contributed by atoms with van der Waals surface area (Å²) in [4.78, 5) is 0. The Hall–Kier alpha value is -2.87. The van der Waals surface area contributed by atoms with Gasteiger partial charge in [-0.2, -0.15) is 0 Å². The number of benzene rings is 3. The van der Waals surface area contributed by atoms with Crippen LogP contribution in [-0.2, 0) is 0 Å². The van der Waals surface area contributed by atoms with Gasteiger partial charge in [0.05, 0.1) is 6.04 Å². The second-order valence-corrected chi connectivity index (χ2v) is 5.65. The smallest absolute Gasteiger partial charge is 0.123 e. The Morgan fingerprint density at radius 1 is 0.696 bits per heavy atom. The highest BCUT2D eigenvalue weighted by molar-refractivity contribution is 5.80. The molecule has 3 aromatic carbocycles. The lowest BCUT2D eigenvalue weighted by molar-refractivity contribution is 0.629. The summed E-state index contributed by atoms with van der Waals surface area (Å²) in [6, 6.07) is 27.8. The summed E-state index contributed by atoms with van der Waals surface area (Å²) in [7, 11) is 0. The van der Waals surface area contributed by atoms with Crippen molar-refractivity contribution in [3.63, 3.8) is 0 Å². The molecule has 0 radical (unpaired) electrons. The van der Waals surface area contributed by atoms with E-state index in [-0.39, 0.29) is 11.9 Å². The average Bonchev–Trinajstić information content (AvgIpc) is 3.00. The van der Waals surface area contributed by atoms with E-state index in [0.29, 0.717) is 0 Å². The lowest BCUT2D eigenvalue weighted by atomic mass is 9.98. The van der Waals surface area contributed by atoms with Gasteiger partial charge in [0.15, 0.2) is 0 Å². The number of aromatic nitrogens is 1. The molecule has 0 aliphatic carbocycles. The fourth-order valence-corrected chi connectivity index (χ4v) is 3.14. The van der Waals surface area contributed by atoms with Crippen LogP contribution in [0.5, 0.6) is 0 Å². The van der Waals surface area contributed by atoms with Crippen molar-refractivity contribution < 1.29 is 4.39 Å². The van der Waals surface area contributed by atoms with Crippen LogP contribution >= 0.6 is 0 Å². The SMILES string of the molecule is Fc1ccc2c(ccn2C(c2ccccc2)c2ccccc2)c1. The van der Waals surface area contributed by atoms with Crippen molar-refractivity contribution in [3.8, 4) is 0 Å². The highest BCUT2D eigenvalue weighted by Gasteiger charge is 2.17. The van der Waals surface area contributed by atoms with Crippen molar-refractivity contribution in [3.05, 3.63) is 108 Å².